The number of carbonyl (C=O) groups excluding carboxylic acids is 2. The molecule has 0 aliphatic heterocycles. The summed E-state index contributed by atoms with van der Waals surface area (Å²) in [5, 5.41) is 10.3. The molecular weight excluding hydrogens is 395 g/mol. The van der Waals surface area contributed by atoms with E-state index in [2.05, 4.69) is 15.7 Å². The van der Waals surface area contributed by atoms with Crippen LogP contribution >= 0.6 is 0 Å². The molecule has 6 nitrogen and oxygen atoms in total. The van der Waals surface area contributed by atoms with Crippen molar-refractivity contribution >= 4 is 17.6 Å². The van der Waals surface area contributed by atoms with Gasteiger partial charge in [0, 0.05) is 30.0 Å². The van der Waals surface area contributed by atoms with E-state index >= 15 is 0 Å². The Morgan fingerprint density at radius 1 is 1.03 bits per heavy atom. The molecule has 0 fully saturated rings. The summed E-state index contributed by atoms with van der Waals surface area (Å²) in [5.41, 5.74) is 1.83. The third kappa shape index (κ3) is 6.01. The van der Waals surface area contributed by atoms with Crippen molar-refractivity contribution in [3.05, 3.63) is 77.7 Å². The standard InChI is InChI=1S/C24H27FN4O2/c1-24(2,3)20-16-21(29(28-20)19-13-11-18(25)12-14-19)27-22(30)10-7-15-26-23(31)17-8-5-4-6-9-17/h4-6,8-9,11-14,16H,7,10,15H2,1-3H3,(H,26,31)(H,27,30). The number of nitrogens with one attached hydrogen (secondary N) is 2. The predicted octanol–water partition coefficient (Wildman–Crippen LogP) is 4.46. The SMILES string of the molecule is CC(C)(C)c1cc(NC(=O)CCCNC(=O)c2ccccc2)n(-c2ccc(F)cc2)n1. The Labute approximate surface area is 181 Å². The monoisotopic (exact) mass is 422 g/mol. The second kappa shape index (κ2) is 9.55. The van der Waals surface area contributed by atoms with E-state index in [9.17, 15) is 14.0 Å². The second-order valence-electron chi connectivity index (χ2n) is 8.33. The fraction of sp³-hybridized carbons (Fsp3) is 0.292. The summed E-state index contributed by atoms with van der Waals surface area (Å²) >= 11 is 0. The molecule has 7 heteroatoms. The molecule has 0 saturated heterocycles. The van der Waals surface area contributed by atoms with Crippen LogP contribution in [0.25, 0.3) is 5.69 Å². The highest BCUT2D eigenvalue weighted by Crippen LogP contribution is 2.26. The van der Waals surface area contributed by atoms with Gasteiger partial charge in [-0.1, -0.05) is 39.0 Å². The van der Waals surface area contributed by atoms with Crippen molar-refractivity contribution in [3.63, 3.8) is 0 Å². The van der Waals surface area contributed by atoms with Gasteiger partial charge in [0.1, 0.15) is 11.6 Å². The quantitative estimate of drug-likeness (QED) is 0.552. The first-order valence-corrected chi connectivity index (χ1v) is 10.2. The smallest absolute Gasteiger partial charge is 0.251 e. The van der Waals surface area contributed by atoms with Crippen molar-refractivity contribution in [3.8, 4) is 5.69 Å². The van der Waals surface area contributed by atoms with Crippen molar-refractivity contribution in [1.82, 2.24) is 15.1 Å². The van der Waals surface area contributed by atoms with Gasteiger partial charge in [-0.3, -0.25) is 9.59 Å². The van der Waals surface area contributed by atoms with Crippen LogP contribution in [0, 0.1) is 5.82 Å². The lowest BCUT2D eigenvalue weighted by Crippen LogP contribution is -2.25. The van der Waals surface area contributed by atoms with Gasteiger partial charge in [0.25, 0.3) is 5.91 Å². The van der Waals surface area contributed by atoms with Gasteiger partial charge in [-0.15, -0.1) is 0 Å². The highest BCUT2D eigenvalue weighted by molar-refractivity contribution is 5.94. The van der Waals surface area contributed by atoms with Gasteiger partial charge in [0.05, 0.1) is 11.4 Å². The maximum atomic E-state index is 13.3. The first-order valence-electron chi connectivity index (χ1n) is 10.2. The third-order valence-electron chi connectivity index (χ3n) is 4.72. The first-order chi connectivity index (χ1) is 14.7. The van der Waals surface area contributed by atoms with Crippen LogP contribution in [0.3, 0.4) is 0 Å². The van der Waals surface area contributed by atoms with Crippen LogP contribution in [0.5, 0.6) is 0 Å². The van der Waals surface area contributed by atoms with Crippen molar-refractivity contribution in [2.75, 3.05) is 11.9 Å². The zero-order valence-electron chi connectivity index (χ0n) is 18.0. The van der Waals surface area contributed by atoms with Crippen LogP contribution in [-0.4, -0.2) is 28.1 Å². The number of rotatable bonds is 7. The Kier molecular flexibility index (Phi) is 6.84. The van der Waals surface area contributed by atoms with Crippen LogP contribution in [-0.2, 0) is 10.2 Å². The zero-order valence-corrected chi connectivity index (χ0v) is 18.0. The highest BCUT2D eigenvalue weighted by Gasteiger charge is 2.21. The summed E-state index contributed by atoms with van der Waals surface area (Å²) in [6, 6.07) is 16.7. The normalized spacial score (nSPS) is 11.2. The fourth-order valence-corrected chi connectivity index (χ4v) is 2.96. The van der Waals surface area contributed by atoms with Gasteiger partial charge in [-0.2, -0.15) is 5.10 Å². The molecule has 1 heterocycles. The summed E-state index contributed by atoms with van der Waals surface area (Å²) in [7, 11) is 0. The lowest BCUT2D eigenvalue weighted by molar-refractivity contribution is -0.116. The van der Waals surface area contributed by atoms with Crippen LogP contribution in [0.15, 0.2) is 60.7 Å². The number of benzene rings is 2. The Balaban J connectivity index is 1.61. The molecular formula is C24H27FN4O2. The van der Waals surface area contributed by atoms with E-state index in [4.69, 9.17) is 0 Å². The molecule has 2 N–H and O–H groups in total. The molecule has 0 atom stereocenters. The summed E-state index contributed by atoms with van der Waals surface area (Å²) in [5.74, 6) is -0.159. The molecule has 162 valence electrons. The maximum Gasteiger partial charge on any atom is 0.251 e. The first kappa shape index (κ1) is 22.2. The summed E-state index contributed by atoms with van der Waals surface area (Å²) in [4.78, 5) is 24.6. The average Bonchev–Trinajstić information content (AvgIpc) is 3.16. The highest BCUT2D eigenvalue weighted by atomic mass is 19.1. The van der Waals surface area contributed by atoms with Crippen molar-refractivity contribution in [2.24, 2.45) is 0 Å². The molecule has 2 aromatic carbocycles. The predicted molar refractivity (Wildman–Crippen MR) is 119 cm³/mol. The average molecular weight is 423 g/mol. The molecule has 0 aliphatic rings. The number of hydrogen-bond acceptors (Lipinski definition) is 3. The Morgan fingerprint density at radius 2 is 1.71 bits per heavy atom. The third-order valence-corrected chi connectivity index (χ3v) is 4.72. The number of nitrogens with zero attached hydrogens (tertiary/aromatic N) is 2. The molecule has 31 heavy (non-hydrogen) atoms. The molecule has 0 saturated carbocycles. The molecule has 3 rings (SSSR count). The number of anilines is 1. The molecule has 3 aromatic rings. The lowest BCUT2D eigenvalue weighted by atomic mass is 9.92. The number of hydrogen-bond donors (Lipinski definition) is 2. The van der Waals surface area contributed by atoms with Gasteiger partial charge in [0.2, 0.25) is 5.91 Å². The van der Waals surface area contributed by atoms with Crippen LogP contribution in [0.1, 0.15) is 49.7 Å². The van der Waals surface area contributed by atoms with E-state index < -0.39 is 0 Å². The molecule has 2 amide bonds. The summed E-state index contributed by atoms with van der Waals surface area (Å²) in [6.07, 6.45) is 0.746. The van der Waals surface area contributed by atoms with Crippen LogP contribution < -0.4 is 10.6 Å². The lowest BCUT2D eigenvalue weighted by Gasteiger charge is -2.14. The van der Waals surface area contributed by atoms with E-state index in [0.29, 0.717) is 30.0 Å². The molecule has 0 unspecified atom stereocenters. The van der Waals surface area contributed by atoms with E-state index in [-0.39, 0.29) is 29.5 Å². The van der Waals surface area contributed by atoms with E-state index in [1.807, 2.05) is 32.9 Å². The van der Waals surface area contributed by atoms with E-state index in [0.717, 1.165) is 5.69 Å². The topological polar surface area (TPSA) is 76.0 Å². The Morgan fingerprint density at radius 3 is 2.35 bits per heavy atom. The Bertz CT molecular complexity index is 1040. The van der Waals surface area contributed by atoms with Gasteiger partial charge >= 0.3 is 0 Å². The summed E-state index contributed by atoms with van der Waals surface area (Å²) in [6.45, 7) is 6.49. The number of aromatic nitrogens is 2. The van der Waals surface area contributed by atoms with Crippen LogP contribution in [0.2, 0.25) is 0 Å². The van der Waals surface area contributed by atoms with Crippen molar-refractivity contribution < 1.29 is 14.0 Å². The minimum absolute atomic E-state index is 0.162. The molecule has 0 aliphatic carbocycles. The van der Waals surface area contributed by atoms with Gasteiger partial charge in [-0.05, 0) is 42.8 Å². The van der Waals surface area contributed by atoms with E-state index in [1.54, 1.807) is 41.1 Å². The number of amides is 2. The van der Waals surface area contributed by atoms with Gasteiger partial charge in [0.15, 0.2) is 0 Å². The molecule has 0 radical (unpaired) electrons. The number of halogens is 1. The van der Waals surface area contributed by atoms with Crippen molar-refractivity contribution in [1.29, 1.82) is 0 Å². The Hall–Kier alpha value is -3.48. The largest absolute Gasteiger partial charge is 0.352 e. The number of carbonyl (C=O) groups is 2. The molecule has 1 aromatic heterocycles. The molecule has 0 spiro atoms. The van der Waals surface area contributed by atoms with Crippen molar-refractivity contribution in [2.45, 2.75) is 39.0 Å². The van der Waals surface area contributed by atoms with Gasteiger partial charge < -0.3 is 10.6 Å². The molecule has 0 bridgehead atoms. The fourth-order valence-electron chi connectivity index (χ4n) is 2.96. The maximum absolute atomic E-state index is 13.3. The van der Waals surface area contributed by atoms with Gasteiger partial charge in [-0.25, -0.2) is 9.07 Å². The minimum Gasteiger partial charge on any atom is -0.352 e. The zero-order chi connectivity index (χ0) is 22.4. The van der Waals surface area contributed by atoms with E-state index in [1.165, 1.54) is 12.1 Å². The van der Waals surface area contributed by atoms with Crippen LogP contribution in [0.4, 0.5) is 10.2 Å². The summed E-state index contributed by atoms with van der Waals surface area (Å²) < 4.78 is 14.9. The minimum atomic E-state index is -0.338. The second-order valence-corrected chi connectivity index (χ2v) is 8.33.